The zero-order chi connectivity index (χ0) is 23.4. The number of halogens is 2. The molecule has 0 radical (unpaired) electrons. The lowest BCUT2D eigenvalue weighted by Crippen LogP contribution is -2.31. The molecular formula is C22H24ClFN8O. The number of aromatic nitrogens is 4. The van der Waals surface area contributed by atoms with E-state index in [2.05, 4.69) is 49.5 Å². The molecule has 11 heteroatoms. The molecule has 33 heavy (non-hydrogen) atoms. The first-order valence-electron chi connectivity index (χ1n) is 10.4. The number of likely N-dealkylation sites (tertiary alicyclic amines) is 1. The van der Waals surface area contributed by atoms with Gasteiger partial charge in [0.25, 0.3) is 0 Å². The van der Waals surface area contributed by atoms with Crippen LogP contribution in [0.25, 0.3) is 0 Å². The van der Waals surface area contributed by atoms with E-state index >= 15 is 0 Å². The second-order valence-corrected chi connectivity index (χ2v) is 8.18. The Labute approximate surface area is 195 Å². The Hall–Kier alpha value is -3.50. The van der Waals surface area contributed by atoms with Crippen LogP contribution >= 0.6 is 11.6 Å². The summed E-state index contributed by atoms with van der Waals surface area (Å²) in [5, 5.41) is 13.2. The van der Waals surface area contributed by atoms with Crippen molar-refractivity contribution in [3.8, 4) is 0 Å². The van der Waals surface area contributed by atoms with Crippen LogP contribution in [0.1, 0.15) is 18.9 Å². The van der Waals surface area contributed by atoms with E-state index in [1.807, 2.05) is 10.9 Å². The van der Waals surface area contributed by atoms with Gasteiger partial charge in [-0.1, -0.05) is 18.2 Å². The highest BCUT2D eigenvalue weighted by atomic mass is 35.5. The van der Waals surface area contributed by atoms with Crippen molar-refractivity contribution < 1.29 is 9.18 Å². The maximum Gasteiger partial charge on any atom is 0.247 e. The molecule has 1 amide bonds. The van der Waals surface area contributed by atoms with Crippen LogP contribution in [0.3, 0.4) is 0 Å². The van der Waals surface area contributed by atoms with Crippen LogP contribution in [0.5, 0.6) is 0 Å². The molecule has 3 heterocycles. The number of nitrogens with zero attached hydrogens (tertiary/aromatic N) is 5. The van der Waals surface area contributed by atoms with Gasteiger partial charge < -0.3 is 20.9 Å². The first-order valence-corrected chi connectivity index (χ1v) is 10.8. The summed E-state index contributed by atoms with van der Waals surface area (Å²) in [5.74, 6) is -0.445. The van der Waals surface area contributed by atoms with Crippen molar-refractivity contribution >= 4 is 46.3 Å². The van der Waals surface area contributed by atoms with E-state index in [1.54, 1.807) is 6.20 Å². The number of hydrogen-bond donors (Lipinski definition) is 3. The standard InChI is InChI=1S/C22H24ClFN8O/c1-3-20(33)27-14-4-5-18(24)19(10-14)29-21-17(23)12-25-22(30-21)28-15-11-26-32(13-15)16-6-8-31(2)9-7-16/h3-5,10-13,16H,1,6-9H2,2H3,(H,27,33)(H2,25,28,29,30). The Balaban J connectivity index is 1.48. The fourth-order valence-electron chi connectivity index (χ4n) is 3.53. The van der Waals surface area contributed by atoms with Gasteiger partial charge in [0, 0.05) is 11.9 Å². The number of hydrogen-bond acceptors (Lipinski definition) is 7. The van der Waals surface area contributed by atoms with E-state index in [0.717, 1.165) is 37.7 Å². The van der Waals surface area contributed by atoms with Crippen molar-refractivity contribution in [3.05, 3.63) is 60.3 Å². The Morgan fingerprint density at radius 3 is 2.79 bits per heavy atom. The summed E-state index contributed by atoms with van der Waals surface area (Å²) in [5.41, 5.74) is 1.23. The average molecular weight is 471 g/mol. The van der Waals surface area contributed by atoms with Crippen LogP contribution in [-0.4, -0.2) is 50.7 Å². The zero-order valence-corrected chi connectivity index (χ0v) is 18.8. The van der Waals surface area contributed by atoms with Gasteiger partial charge in [-0.15, -0.1) is 0 Å². The predicted octanol–water partition coefficient (Wildman–Crippen LogP) is 4.34. The predicted molar refractivity (Wildman–Crippen MR) is 127 cm³/mol. The summed E-state index contributed by atoms with van der Waals surface area (Å²) in [4.78, 5) is 22.4. The number of carbonyl (C=O) groups excluding carboxylic acids is 1. The Bertz CT molecular complexity index is 1160. The number of anilines is 5. The van der Waals surface area contributed by atoms with E-state index in [9.17, 15) is 9.18 Å². The molecule has 1 aromatic carbocycles. The van der Waals surface area contributed by atoms with E-state index in [1.165, 1.54) is 24.4 Å². The van der Waals surface area contributed by atoms with Crippen LogP contribution in [0.2, 0.25) is 5.02 Å². The largest absolute Gasteiger partial charge is 0.336 e. The zero-order valence-electron chi connectivity index (χ0n) is 18.1. The molecule has 1 fully saturated rings. The van der Waals surface area contributed by atoms with Crippen molar-refractivity contribution in [2.45, 2.75) is 18.9 Å². The second-order valence-electron chi connectivity index (χ2n) is 7.77. The Kier molecular flexibility index (Phi) is 6.85. The fraction of sp³-hybridized carbons (Fsp3) is 0.273. The molecule has 4 rings (SSSR count). The molecule has 0 atom stereocenters. The minimum absolute atomic E-state index is 0.0958. The highest BCUT2D eigenvalue weighted by Crippen LogP contribution is 2.28. The molecule has 0 bridgehead atoms. The minimum atomic E-state index is -0.532. The Morgan fingerprint density at radius 2 is 2.03 bits per heavy atom. The van der Waals surface area contributed by atoms with Crippen LogP contribution in [-0.2, 0) is 4.79 Å². The smallest absolute Gasteiger partial charge is 0.247 e. The summed E-state index contributed by atoms with van der Waals surface area (Å²) in [6.45, 7) is 5.48. The molecule has 3 N–H and O–H groups in total. The van der Waals surface area contributed by atoms with Crippen molar-refractivity contribution in [2.75, 3.05) is 36.1 Å². The summed E-state index contributed by atoms with van der Waals surface area (Å²) in [7, 11) is 2.12. The summed E-state index contributed by atoms with van der Waals surface area (Å²) >= 11 is 6.22. The monoisotopic (exact) mass is 470 g/mol. The van der Waals surface area contributed by atoms with Gasteiger partial charge in [0.2, 0.25) is 11.9 Å². The SMILES string of the molecule is C=CC(=O)Nc1ccc(F)c(Nc2nc(Nc3cnn(C4CCN(C)CC4)c3)ncc2Cl)c1. The van der Waals surface area contributed by atoms with E-state index in [-0.39, 0.29) is 22.5 Å². The van der Waals surface area contributed by atoms with E-state index in [4.69, 9.17) is 11.6 Å². The fourth-order valence-corrected chi connectivity index (χ4v) is 3.66. The lowest BCUT2D eigenvalue weighted by atomic mass is 10.1. The van der Waals surface area contributed by atoms with E-state index < -0.39 is 11.7 Å². The summed E-state index contributed by atoms with van der Waals surface area (Å²) < 4.78 is 16.3. The third kappa shape index (κ3) is 5.65. The van der Waals surface area contributed by atoms with Gasteiger partial charge in [0.15, 0.2) is 5.82 Å². The highest BCUT2D eigenvalue weighted by molar-refractivity contribution is 6.32. The normalized spacial score (nSPS) is 14.6. The first-order chi connectivity index (χ1) is 15.9. The van der Waals surface area contributed by atoms with Crippen molar-refractivity contribution in [1.29, 1.82) is 0 Å². The van der Waals surface area contributed by atoms with Gasteiger partial charge >= 0.3 is 0 Å². The summed E-state index contributed by atoms with van der Waals surface area (Å²) in [6, 6.07) is 4.47. The number of benzene rings is 1. The van der Waals surface area contributed by atoms with Crippen molar-refractivity contribution in [1.82, 2.24) is 24.6 Å². The molecule has 0 aliphatic carbocycles. The first kappa shape index (κ1) is 22.7. The number of amides is 1. The molecule has 9 nitrogen and oxygen atoms in total. The second kappa shape index (κ2) is 9.97. The number of nitrogens with one attached hydrogen (secondary N) is 3. The number of piperidine rings is 1. The topological polar surface area (TPSA) is 100 Å². The van der Waals surface area contributed by atoms with E-state index in [0.29, 0.717) is 11.7 Å². The molecule has 0 spiro atoms. The lowest BCUT2D eigenvalue weighted by molar-refractivity contribution is -0.111. The number of carbonyl (C=O) groups is 1. The third-order valence-electron chi connectivity index (χ3n) is 5.34. The average Bonchev–Trinajstić information content (AvgIpc) is 3.27. The minimum Gasteiger partial charge on any atom is -0.336 e. The third-order valence-corrected chi connectivity index (χ3v) is 5.61. The molecule has 2 aromatic heterocycles. The molecule has 1 aliphatic rings. The molecule has 172 valence electrons. The maximum atomic E-state index is 14.3. The van der Waals surface area contributed by atoms with Gasteiger partial charge in [-0.3, -0.25) is 9.48 Å². The van der Waals surface area contributed by atoms with Gasteiger partial charge in [-0.2, -0.15) is 10.1 Å². The molecule has 3 aromatic rings. The van der Waals surface area contributed by atoms with Gasteiger partial charge in [0.1, 0.15) is 10.8 Å². The lowest BCUT2D eigenvalue weighted by Gasteiger charge is -2.28. The van der Waals surface area contributed by atoms with Gasteiger partial charge in [0.05, 0.1) is 29.8 Å². The van der Waals surface area contributed by atoms with Gasteiger partial charge in [-0.05, 0) is 57.3 Å². The van der Waals surface area contributed by atoms with Crippen LogP contribution in [0.15, 0.2) is 49.4 Å². The van der Waals surface area contributed by atoms with Crippen molar-refractivity contribution in [3.63, 3.8) is 0 Å². The van der Waals surface area contributed by atoms with Crippen LogP contribution < -0.4 is 16.0 Å². The molecule has 0 unspecified atom stereocenters. The highest BCUT2D eigenvalue weighted by Gasteiger charge is 2.19. The molecular weight excluding hydrogens is 447 g/mol. The van der Waals surface area contributed by atoms with Crippen LogP contribution in [0, 0.1) is 5.82 Å². The van der Waals surface area contributed by atoms with Gasteiger partial charge in [-0.25, -0.2) is 9.37 Å². The molecule has 1 saturated heterocycles. The van der Waals surface area contributed by atoms with Crippen molar-refractivity contribution in [2.24, 2.45) is 0 Å². The maximum absolute atomic E-state index is 14.3. The number of rotatable bonds is 7. The molecule has 0 saturated carbocycles. The van der Waals surface area contributed by atoms with Crippen LogP contribution in [0.4, 0.5) is 33.2 Å². The Morgan fingerprint density at radius 1 is 1.24 bits per heavy atom. The summed E-state index contributed by atoms with van der Waals surface area (Å²) in [6.07, 6.45) is 8.27. The quantitative estimate of drug-likeness (QED) is 0.441. The molecule has 1 aliphatic heterocycles.